The van der Waals surface area contributed by atoms with Crippen LogP contribution >= 0.6 is 0 Å². The van der Waals surface area contributed by atoms with Gasteiger partial charge in [-0.05, 0) is 35.7 Å². The molecule has 8 heteroatoms. The Balaban J connectivity index is 0.00000289. The lowest BCUT2D eigenvalue weighted by atomic mass is 9.89. The maximum absolute atomic E-state index is 11.0. The maximum atomic E-state index is 11.0. The van der Waals surface area contributed by atoms with E-state index in [1.807, 2.05) is 6.07 Å². The quantitative estimate of drug-likeness (QED) is 0.226. The van der Waals surface area contributed by atoms with E-state index in [1.54, 1.807) is 25.3 Å². The number of rotatable bonds is 5. The van der Waals surface area contributed by atoms with Crippen molar-refractivity contribution in [3.05, 3.63) is 41.0 Å². The maximum Gasteiger partial charge on any atom is 0.231 e. The Morgan fingerprint density at radius 2 is 1.97 bits per heavy atom. The van der Waals surface area contributed by atoms with Gasteiger partial charge in [-0.25, -0.2) is 0 Å². The van der Waals surface area contributed by atoms with Crippen molar-refractivity contribution in [3.63, 3.8) is 0 Å². The third-order valence-corrected chi connectivity index (χ3v) is 5.74. The van der Waals surface area contributed by atoms with Crippen LogP contribution in [0.3, 0.4) is 0 Å². The molecule has 2 aromatic rings. The highest BCUT2D eigenvalue weighted by molar-refractivity contribution is 5.76. The number of benzene rings is 2. The molecule has 0 saturated carbocycles. The minimum atomic E-state index is -0.101. The number of ether oxygens (including phenoxy) is 5. The van der Waals surface area contributed by atoms with Crippen LogP contribution in [0.5, 0.6) is 28.7 Å². The SMILES string of the molecule is COc1cc(C=O)ccc1OCC#CC1c2c(cc3c(c2OC)OCO3)CC[N+]1(C)C.[I-]. The molecule has 4 rings (SSSR count). The molecule has 0 fully saturated rings. The van der Waals surface area contributed by atoms with Crippen molar-refractivity contribution in [2.24, 2.45) is 0 Å². The molecule has 2 aliphatic rings. The lowest BCUT2D eigenvalue weighted by Crippen LogP contribution is -3.00. The Labute approximate surface area is 205 Å². The minimum Gasteiger partial charge on any atom is -1.00 e. The van der Waals surface area contributed by atoms with Gasteiger partial charge >= 0.3 is 0 Å². The molecule has 2 heterocycles. The van der Waals surface area contributed by atoms with E-state index in [-0.39, 0.29) is 43.4 Å². The normalized spacial score (nSPS) is 17.2. The summed E-state index contributed by atoms with van der Waals surface area (Å²) in [6.45, 7) is 1.33. The summed E-state index contributed by atoms with van der Waals surface area (Å²) in [4.78, 5) is 11.0. The second kappa shape index (κ2) is 9.88. The first-order valence-electron chi connectivity index (χ1n) is 10.0. The number of carbonyl (C=O) groups is 1. The molecule has 7 nitrogen and oxygen atoms in total. The molecule has 0 radical (unpaired) electrons. The number of hydrogen-bond acceptors (Lipinski definition) is 6. The van der Waals surface area contributed by atoms with Crippen molar-refractivity contribution in [2.45, 2.75) is 12.5 Å². The highest BCUT2D eigenvalue weighted by atomic mass is 127. The average Bonchev–Trinajstić information content (AvgIpc) is 3.24. The summed E-state index contributed by atoms with van der Waals surface area (Å²) < 4.78 is 28.8. The summed E-state index contributed by atoms with van der Waals surface area (Å²) >= 11 is 0. The van der Waals surface area contributed by atoms with Crippen molar-refractivity contribution in [1.29, 1.82) is 0 Å². The van der Waals surface area contributed by atoms with Gasteiger partial charge in [0.1, 0.15) is 12.9 Å². The van der Waals surface area contributed by atoms with Gasteiger partial charge in [0.2, 0.25) is 12.5 Å². The van der Waals surface area contributed by atoms with Crippen LogP contribution in [0, 0.1) is 11.8 Å². The first-order valence-corrected chi connectivity index (χ1v) is 10.0. The summed E-state index contributed by atoms with van der Waals surface area (Å²) in [5.74, 6) is 9.66. The largest absolute Gasteiger partial charge is 1.00 e. The zero-order valence-electron chi connectivity index (χ0n) is 18.6. The summed E-state index contributed by atoms with van der Waals surface area (Å²) in [6, 6.07) is 6.98. The third kappa shape index (κ3) is 4.45. The monoisotopic (exact) mass is 551 g/mol. The van der Waals surface area contributed by atoms with Crippen LogP contribution in [0.4, 0.5) is 0 Å². The smallest absolute Gasteiger partial charge is 0.231 e. The molecular formula is C24H26INO6. The van der Waals surface area contributed by atoms with Gasteiger partial charge < -0.3 is 52.1 Å². The lowest BCUT2D eigenvalue weighted by molar-refractivity contribution is -0.914. The van der Waals surface area contributed by atoms with Crippen LogP contribution < -0.4 is 47.7 Å². The zero-order chi connectivity index (χ0) is 22.0. The molecule has 0 saturated heterocycles. The van der Waals surface area contributed by atoms with E-state index in [4.69, 9.17) is 23.7 Å². The van der Waals surface area contributed by atoms with Crippen LogP contribution in [-0.2, 0) is 6.42 Å². The van der Waals surface area contributed by atoms with Gasteiger partial charge in [0.05, 0.1) is 40.4 Å². The predicted molar refractivity (Wildman–Crippen MR) is 114 cm³/mol. The molecule has 2 aromatic carbocycles. The predicted octanol–water partition coefficient (Wildman–Crippen LogP) is 0.00500. The van der Waals surface area contributed by atoms with Gasteiger partial charge in [0.15, 0.2) is 29.0 Å². The van der Waals surface area contributed by atoms with Crippen molar-refractivity contribution in [3.8, 4) is 40.6 Å². The van der Waals surface area contributed by atoms with Gasteiger partial charge in [-0.2, -0.15) is 0 Å². The number of aldehydes is 1. The molecular weight excluding hydrogens is 525 g/mol. The molecule has 0 spiro atoms. The standard InChI is InChI=1S/C24H26NO6.HI/c1-25(2)10-9-17-13-21-23(31-15-30-21)24(28-4)22(17)18(25)6-5-11-29-19-8-7-16(14-26)12-20(19)27-3;/h7-8,12-14,18H,9-11,15H2,1-4H3;1H/q+1;/p-1. The highest BCUT2D eigenvalue weighted by Crippen LogP contribution is 2.50. The van der Waals surface area contributed by atoms with E-state index in [1.165, 1.54) is 12.7 Å². The zero-order valence-corrected chi connectivity index (χ0v) is 20.7. The topological polar surface area (TPSA) is 63.2 Å². The van der Waals surface area contributed by atoms with E-state index in [0.717, 1.165) is 30.6 Å². The van der Waals surface area contributed by atoms with Crippen LogP contribution in [0.25, 0.3) is 0 Å². The molecule has 170 valence electrons. The van der Waals surface area contributed by atoms with Crippen LogP contribution in [-0.4, -0.2) is 59.0 Å². The molecule has 1 atom stereocenters. The van der Waals surface area contributed by atoms with Crippen LogP contribution in [0.2, 0.25) is 0 Å². The van der Waals surface area contributed by atoms with Crippen molar-refractivity contribution in [2.75, 3.05) is 48.3 Å². The number of quaternary nitrogens is 1. The van der Waals surface area contributed by atoms with Gasteiger partial charge in [0.25, 0.3) is 0 Å². The van der Waals surface area contributed by atoms with E-state index in [2.05, 4.69) is 25.9 Å². The molecule has 32 heavy (non-hydrogen) atoms. The highest BCUT2D eigenvalue weighted by Gasteiger charge is 2.40. The van der Waals surface area contributed by atoms with Gasteiger partial charge in [-0.1, -0.05) is 5.92 Å². The van der Waals surface area contributed by atoms with Crippen LogP contribution in [0.15, 0.2) is 24.3 Å². The Bertz CT molecular complexity index is 1070. The molecule has 0 amide bonds. The van der Waals surface area contributed by atoms with Gasteiger partial charge in [-0.15, -0.1) is 0 Å². The number of likely N-dealkylation sites (N-methyl/N-ethyl adjacent to an activating group) is 1. The summed E-state index contributed by atoms with van der Waals surface area (Å²) in [5, 5.41) is 0. The first kappa shape index (κ1) is 24.0. The Hall–Kier alpha value is -2.64. The number of hydrogen-bond donors (Lipinski definition) is 0. The molecule has 0 aromatic heterocycles. The van der Waals surface area contributed by atoms with Gasteiger partial charge in [-0.3, -0.25) is 4.79 Å². The number of carbonyl (C=O) groups excluding carboxylic acids is 1. The third-order valence-electron chi connectivity index (χ3n) is 5.74. The molecule has 2 aliphatic heterocycles. The average molecular weight is 551 g/mol. The molecule has 0 N–H and O–H groups in total. The summed E-state index contributed by atoms with van der Waals surface area (Å²) in [5.41, 5.74) is 2.74. The van der Waals surface area contributed by atoms with E-state index in [0.29, 0.717) is 33.0 Å². The minimum absolute atomic E-state index is 0. The Kier molecular flexibility index (Phi) is 7.41. The van der Waals surface area contributed by atoms with Crippen molar-refractivity contribution >= 4 is 6.29 Å². The number of fused-ring (bicyclic) bond motifs is 2. The first-order chi connectivity index (χ1) is 15.0. The van der Waals surface area contributed by atoms with Crippen molar-refractivity contribution < 1.29 is 56.9 Å². The second-order valence-corrected chi connectivity index (χ2v) is 8.01. The Morgan fingerprint density at radius 1 is 1.16 bits per heavy atom. The second-order valence-electron chi connectivity index (χ2n) is 8.01. The van der Waals surface area contributed by atoms with E-state index < -0.39 is 0 Å². The lowest BCUT2D eigenvalue weighted by Gasteiger charge is -2.40. The fourth-order valence-corrected chi connectivity index (χ4v) is 4.05. The fourth-order valence-electron chi connectivity index (χ4n) is 4.05. The molecule has 1 unspecified atom stereocenters. The van der Waals surface area contributed by atoms with Crippen molar-refractivity contribution in [1.82, 2.24) is 0 Å². The fraction of sp³-hybridized carbons (Fsp3) is 0.375. The number of halogens is 1. The summed E-state index contributed by atoms with van der Waals surface area (Å²) in [6.07, 6.45) is 1.68. The number of methoxy groups -OCH3 is 2. The van der Waals surface area contributed by atoms with Crippen LogP contribution in [0.1, 0.15) is 27.5 Å². The number of nitrogens with zero attached hydrogens (tertiary/aromatic N) is 1. The van der Waals surface area contributed by atoms with E-state index in [9.17, 15) is 4.79 Å². The summed E-state index contributed by atoms with van der Waals surface area (Å²) in [7, 11) is 7.51. The Morgan fingerprint density at radius 3 is 2.69 bits per heavy atom. The van der Waals surface area contributed by atoms with E-state index >= 15 is 0 Å². The van der Waals surface area contributed by atoms with Gasteiger partial charge in [0, 0.05) is 12.0 Å². The molecule has 0 aliphatic carbocycles. The molecule has 0 bridgehead atoms.